The van der Waals surface area contributed by atoms with Crippen molar-refractivity contribution in [3.63, 3.8) is 0 Å². The molecule has 0 radical (unpaired) electrons. The summed E-state index contributed by atoms with van der Waals surface area (Å²) in [7, 11) is 0. The normalized spacial score (nSPS) is 17.5. The fourth-order valence-electron chi connectivity index (χ4n) is 7.71. The van der Waals surface area contributed by atoms with Crippen LogP contribution in [0.5, 0.6) is 0 Å². The standard InChI is InChI=1S/C40H30N2/c1-25-29-21-19-28(42-39-17-9-5-13-33(39)34-14-6-10-18-40(34)42)24-36(29)26(2)30-22-20-27(23-35(25)30)41-37-15-7-3-11-31(37)32-12-4-8-16-38(32)41/h3-24,31,37H,1-2H3. The van der Waals surface area contributed by atoms with Gasteiger partial charge in [-0.15, -0.1) is 0 Å². The van der Waals surface area contributed by atoms with Crippen molar-refractivity contribution < 1.29 is 0 Å². The summed E-state index contributed by atoms with van der Waals surface area (Å²) in [6, 6.07) is 40.8. The molecule has 2 heteroatoms. The third-order valence-electron chi connectivity index (χ3n) is 9.70. The van der Waals surface area contributed by atoms with Crippen LogP contribution in [0.4, 0.5) is 11.4 Å². The molecule has 1 aromatic heterocycles. The lowest BCUT2D eigenvalue weighted by atomic mass is 9.91. The number of allylic oxidation sites excluding steroid dienone is 2. The highest BCUT2D eigenvalue weighted by molar-refractivity contribution is 6.10. The molecule has 0 saturated carbocycles. The van der Waals surface area contributed by atoms with Crippen molar-refractivity contribution in [2.75, 3.05) is 4.90 Å². The molecule has 42 heavy (non-hydrogen) atoms. The zero-order valence-corrected chi connectivity index (χ0v) is 23.8. The van der Waals surface area contributed by atoms with E-state index < -0.39 is 0 Å². The summed E-state index contributed by atoms with van der Waals surface area (Å²) in [4.78, 5) is 2.53. The summed E-state index contributed by atoms with van der Waals surface area (Å²) >= 11 is 0. The van der Waals surface area contributed by atoms with Crippen molar-refractivity contribution in [3.8, 4) is 5.69 Å². The Balaban J connectivity index is 1.24. The fraction of sp³-hybridized carbons (Fsp3) is 0.100. The number of hydrogen-bond donors (Lipinski definition) is 0. The molecule has 1 aliphatic carbocycles. The van der Waals surface area contributed by atoms with E-state index in [1.165, 1.54) is 77.1 Å². The average molecular weight is 539 g/mol. The van der Waals surface area contributed by atoms with E-state index >= 15 is 0 Å². The number of nitrogens with zero attached hydrogens (tertiary/aromatic N) is 2. The first-order chi connectivity index (χ1) is 20.7. The molecule has 0 fully saturated rings. The average Bonchev–Trinajstić information content (AvgIpc) is 3.56. The zero-order valence-electron chi connectivity index (χ0n) is 23.8. The van der Waals surface area contributed by atoms with Gasteiger partial charge in [-0.25, -0.2) is 0 Å². The minimum Gasteiger partial charge on any atom is -0.333 e. The highest BCUT2D eigenvalue weighted by Gasteiger charge is 2.37. The number of fused-ring (bicyclic) bond motifs is 8. The predicted octanol–water partition coefficient (Wildman–Crippen LogP) is 10.4. The molecule has 2 nitrogen and oxygen atoms in total. The molecule has 200 valence electrons. The van der Waals surface area contributed by atoms with Crippen LogP contribution in [0.15, 0.2) is 133 Å². The van der Waals surface area contributed by atoms with Crippen LogP contribution in [0.25, 0.3) is 49.0 Å². The highest BCUT2D eigenvalue weighted by Crippen LogP contribution is 2.48. The first-order valence-corrected chi connectivity index (χ1v) is 14.9. The Morgan fingerprint density at radius 3 is 1.79 bits per heavy atom. The van der Waals surface area contributed by atoms with Gasteiger partial charge in [0, 0.05) is 33.8 Å². The number of hydrogen-bond acceptors (Lipinski definition) is 1. The third-order valence-corrected chi connectivity index (χ3v) is 9.70. The van der Waals surface area contributed by atoms with Crippen molar-refractivity contribution >= 4 is 54.7 Å². The second-order valence-electron chi connectivity index (χ2n) is 11.8. The predicted molar refractivity (Wildman–Crippen MR) is 179 cm³/mol. The smallest absolute Gasteiger partial charge is 0.0629 e. The van der Waals surface area contributed by atoms with Gasteiger partial charge in [0.1, 0.15) is 0 Å². The van der Waals surface area contributed by atoms with Gasteiger partial charge in [0.15, 0.2) is 0 Å². The van der Waals surface area contributed by atoms with Crippen LogP contribution in [0.1, 0.15) is 22.6 Å². The Bertz CT molecular complexity index is 2240. The minimum atomic E-state index is 0.306. The monoisotopic (exact) mass is 538 g/mol. The van der Waals surface area contributed by atoms with Crippen molar-refractivity contribution in [3.05, 3.63) is 150 Å². The molecule has 0 bridgehead atoms. The van der Waals surface area contributed by atoms with Crippen LogP contribution in [-0.4, -0.2) is 10.6 Å². The quantitative estimate of drug-likeness (QED) is 0.199. The summed E-state index contributed by atoms with van der Waals surface area (Å²) in [5.74, 6) is 0.389. The summed E-state index contributed by atoms with van der Waals surface area (Å²) < 4.78 is 2.42. The van der Waals surface area contributed by atoms with Gasteiger partial charge in [-0.1, -0.05) is 91.0 Å². The largest absolute Gasteiger partial charge is 0.333 e. The van der Waals surface area contributed by atoms with E-state index in [1.807, 2.05) is 0 Å². The van der Waals surface area contributed by atoms with Gasteiger partial charge in [-0.2, -0.15) is 0 Å². The van der Waals surface area contributed by atoms with E-state index in [-0.39, 0.29) is 0 Å². The molecule has 9 rings (SSSR count). The molecule has 2 heterocycles. The fourth-order valence-corrected chi connectivity index (χ4v) is 7.71. The molecule has 2 aliphatic rings. The van der Waals surface area contributed by atoms with Crippen LogP contribution in [0.3, 0.4) is 0 Å². The van der Waals surface area contributed by atoms with E-state index in [0.29, 0.717) is 12.0 Å². The van der Waals surface area contributed by atoms with Crippen molar-refractivity contribution in [1.29, 1.82) is 0 Å². The van der Waals surface area contributed by atoms with E-state index in [4.69, 9.17) is 0 Å². The van der Waals surface area contributed by atoms with Crippen molar-refractivity contribution in [1.82, 2.24) is 4.57 Å². The molecule has 6 aromatic carbocycles. The summed E-state index contributed by atoms with van der Waals surface area (Å²) in [5.41, 5.74) is 10.3. The van der Waals surface area contributed by atoms with Gasteiger partial charge in [0.25, 0.3) is 0 Å². The van der Waals surface area contributed by atoms with E-state index in [2.05, 4.69) is 157 Å². The highest BCUT2D eigenvalue weighted by atomic mass is 15.2. The van der Waals surface area contributed by atoms with E-state index in [1.54, 1.807) is 0 Å². The topological polar surface area (TPSA) is 8.17 Å². The van der Waals surface area contributed by atoms with Gasteiger partial charge in [-0.3, -0.25) is 0 Å². The Morgan fingerprint density at radius 1 is 0.500 bits per heavy atom. The van der Waals surface area contributed by atoms with Gasteiger partial charge in [-0.05, 0) is 94.5 Å². The van der Waals surface area contributed by atoms with Crippen LogP contribution in [0, 0.1) is 13.8 Å². The number of benzene rings is 6. The second-order valence-corrected chi connectivity index (χ2v) is 11.8. The van der Waals surface area contributed by atoms with E-state index in [0.717, 1.165) is 0 Å². The Kier molecular flexibility index (Phi) is 4.90. The van der Waals surface area contributed by atoms with Crippen molar-refractivity contribution in [2.45, 2.75) is 25.8 Å². The molecule has 0 N–H and O–H groups in total. The van der Waals surface area contributed by atoms with Crippen LogP contribution < -0.4 is 4.90 Å². The maximum atomic E-state index is 2.53. The SMILES string of the molecule is Cc1c2ccc(-n3c4ccccc4c4ccccc43)cc2c(C)c2ccc(N3c4ccccc4C4C=CC=CC43)cc12. The van der Waals surface area contributed by atoms with Crippen LogP contribution in [-0.2, 0) is 0 Å². The summed E-state index contributed by atoms with van der Waals surface area (Å²) in [6.45, 7) is 4.58. The molecule has 2 atom stereocenters. The lowest BCUT2D eigenvalue weighted by Gasteiger charge is -2.29. The molecular weight excluding hydrogens is 508 g/mol. The number of rotatable bonds is 2. The first-order valence-electron chi connectivity index (χ1n) is 14.9. The molecule has 0 amide bonds. The van der Waals surface area contributed by atoms with Crippen LogP contribution in [0.2, 0.25) is 0 Å². The lowest BCUT2D eigenvalue weighted by molar-refractivity contribution is 0.745. The lowest BCUT2D eigenvalue weighted by Crippen LogP contribution is -2.28. The number of aryl methyl sites for hydroxylation is 2. The molecule has 2 unspecified atom stereocenters. The van der Waals surface area contributed by atoms with E-state index in [9.17, 15) is 0 Å². The second kappa shape index (κ2) is 8.71. The minimum absolute atomic E-state index is 0.306. The van der Waals surface area contributed by atoms with Gasteiger partial charge < -0.3 is 9.47 Å². The van der Waals surface area contributed by atoms with Gasteiger partial charge in [0.2, 0.25) is 0 Å². The van der Waals surface area contributed by atoms with Crippen LogP contribution >= 0.6 is 0 Å². The summed E-state index contributed by atoms with van der Waals surface area (Å²) in [5, 5.41) is 7.88. The van der Waals surface area contributed by atoms with Gasteiger partial charge >= 0.3 is 0 Å². The number of aromatic nitrogens is 1. The first kappa shape index (κ1) is 23.6. The molecule has 7 aromatic rings. The zero-order chi connectivity index (χ0) is 27.9. The Morgan fingerprint density at radius 2 is 1.07 bits per heavy atom. The molecule has 0 spiro atoms. The van der Waals surface area contributed by atoms with Crippen molar-refractivity contribution in [2.24, 2.45) is 0 Å². The van der Waals surface area contributed by atoms with Gasteiger partial charge in [0.05, 0.1) is 17.1 Å². The number of anilines is 2. The molecule has 1 aliphatic heterocycles. The Hall–Kier alpha value is -5.08. The summed E-state index contributed by atoms with van der Waals surface area (Å²) in [6.07, 6.45) is 9.08. The number of para-hydroxylation sites is 3. The maximum absolute atomic E-state index is 2.53. The maximum Gasteiger partial charge on any atom is 0.0629 e. The Labute approximate surface area is 245 Å². The molecular formula is C40H30N2. The third kappa shape index (κ3) is 3.15. The molecule has 0 saturated heterocycles.